The van der Waals surface area contributed by atoms with Gasteiger partial charge >= 0.3 is 0 Å². The molecule has 0 bridgehead atoms. The number of aryl methyl sites for hydroxylation is 1. The highest BCUT2D eigenvalue weighted by molar-refractivity contribution is 5.51. The Morgan fingerprint density at radius 2 is 1.84 bits per heavy atom. The highest BCUT2D eigenvalue weighted by Crippen LogP contribution is 2.12. The normalized spacial score (nSPS) is 10.8. The van der Waals surface area contributed by atoms with Crippen LogP contribution in [0.2, 0.25) is 0 Å². The quantitative estimate of drug-likeness (QED) is 0.678. The van der Waals surface area contributed by atoms with Gasteiger partial charge in [-0.05, 0) is 18.6 Å². The van der Waals surface area contributed by atoms with Gasteiger partial charge in [-0.15, -0.1) is 5.10 Å². The molecule has 0 aliphatic rings. The zero-order valence-corrected chi connectivity index (χ0v) is 11.6. The minimum atomic E-state index is 0.853. The van der Waals surface area contributed by atoms with Crippen LogP contribution in [0.1, 0.15) is 45.4 Å². The summed E-state index contributed by atoms with van der Waals surface area (Å²) in [5.74, 6) is 0. The predicted molar refractivity (Wildman–Crippen MR) is 76.6 cm³/mol. The van der Waals surface area contributed by atoms with Gasteiger partial charge in [0.1, 0.15) is 5.69 Å². The molecule has 4 heteroatoms. The van der Waals surface area contributed by atoms with E-state index in [2.05, 4.69) is 22.2 Å². The molecule has 2 heterocycles. The van der Waals surface area contributed by atoms with E-state index in [1.165, 1.54) is 38.5 Å². The third kappa shape index (κ3) is 4.47. The predicted octanol–water partition coefficient (Wildman–Crippen LogP) is 3.70. The first kappa shape index (κ1) is 13.7. The molecular weight excluding hydrogens is 236 g/mol. The Kier molecular flexibility index (Phi) is 5.53. The van der Waals surface area contributed by atoms with Gasteiger partial charge in [0, 0.05) is 12.7 Å². The van der Waals surface area contributed by atoms with Crippen LogP contribution in [0.5, 0.6) is 0 Å². The molecule has 19 heavy (non-hydrogen) atoms. The lowest BCUT2D eigenvalue weighted by Gasteiger charge is -2.00. The molecule has 0 aromatic carbocycles. The van der Waals surface area contributed by atoms with Gasteiger partial charge in [0.2, 0.25) is 0 Å². The zero-order chi connectivity index (χ0) is 13.3. The second-order valence-corrected chi connectivity index (χ2v) is 4.85. The fraction of sp³-hybridized carbons (Fsp3) is 0.533. The molecule has 0 N–H and O–H groups in total. The van der Waals surface area contributed by atoms with E-state index in [9.17, 15) is 0 Å². The van der Waals surface area contributed by atoms with Gasteiger partial charge < -0.3 is 0 Å². The Labute approximate surface area is 114 Å². The van der Waals surface area contributed by atoms with E-state index < -0.39 is 0 Å². The number of unbranched alkanes of at least 4 members (excludes halogenated alkanes) is 5. The van der Waals surface area contributed by atoms with Crippen molar-refractivity contribution in [2.75, 3.05) is 0 Å². The number of nitrogens with zero attached hydrogens (tertiary/aromatic N) is 4. The molecule has 0 saturated carbocycles. The molecule has 2 aromatic heterocycles. The Morgan fingerprint density at radius 1 is 1.00 bits per heavy atom. The molecule has 0 aliphatic heterocycles. The van der Waals surface area contributed by atoms with Crippen molar-refractivity contribution in [3.05, 3.63) is 30.6 Å². The maximum atomic E-state index is 4.28. The van der Waals surface area contributed by atoms with Crippen LogP contribution >= 0.6 is 0 Å². The summed E-state index contributed by atoms with van der Waals surface area (Å²) in [6, 6.07) is 5.83. The molecule has 0 amide bonds. The van der Waals surface area contributed by atoms with Gasteiger partial charge in [-0.3, -0.25) is 9.67 Å². The second-order valence-electron chi connectivity index (χ2n) is 4.85. The molecule has 0 aliphatic carbocycles. The van der Waals surface area contributed by atoms with Crippen LogP contribution in [-0.4, -0.2) is 20.0 Å². The molecular formula is C15H22N4. The monoisotopic (exact) mass is 258 g/mol. The van der Waals surface area contributed by atoms with E-state index in [0.29, 0.717) is 0 Å². The Balaban J connectivity index is 1.75. The van der Waals surface area contributed by atoms with Crippen molar-refractivity contribution in [3.63, 3.8) is 0 Å². The summed E-state index contributed by atoms with van der Waals surface area (Å²) in [4.78, 5) is 4.28. The van der Waals surface area contributed by atoms with E-state index in [0.717, 1.165) is 17.9 Å². The standard InChI is InChI=1S/C15H22N4/c1-2-3-4-5-6-9-12-19-13-15(17-18-19)14-10-7-8-11-16-14/h7-8,10-11,13H,2-6,9,12H2,1H3. The van der Waals surface area contributed by atoms with E-state index in [1.807, 2.05) is 29.1 Å². The van der Waals surface area contributed by atoms with Gasteiger partial charge in [-0.1, -0.05) is 50.3 Å². The lowest BCUT2D eigenvalue weighted by atomic mass is 10.1. The largest absolute Gasteiger partial charge is 0.254 e. The maximum absolute atomic E-state index is 4.28. The van der Waals surface area contributed by atoms with Crippen molar-refractivity contribution in [1.82, 2.24) is 20.0 Å². The highest BCUT2D eigenvalue weighted by atomic mass is 15.4. The van der Waals surface area contributed by atoms with Crippen LogP contribution in [0.15, 0.2) is 30.6 Å². The summed E-state index contributed by atoms with van der Waals surface area (Å²) in [5.41, 5.74) is 1.74. The fourth-order valence-corrected chi connectivity index (χ4v) is 2.09. The lowest BCUT2D eigenvalue weighted by molar-refractivity contribution is 0.516. The third-order valence-corrected chi connectivity index (χ3v) is 3.21. The number of rotatable bonds is 8. The fourth-order valence-electron chi connectivity index (χ4n) is 2.09. The van der Waals surface area contributed by atoms with Crippen molar-refractivity contribution >= 4 is 0 Å². The summed E-state index contributed by atoms with van der Waals surface area (Å²) < 4.78 is 1.92. The molecule has 102 valence electrons. The first-order chi connectivity index (χ1) is 9.40. The van der Waals surface area contributed by atoms with E-state index in [-0.39, 0.29) is 0 Å². The zero-order valence-electron chi connectivity index (χ0n) is 11.6. The van der Waals surface area contributed by atoms with Gasteiger partial charge in [0.05, 0.1) is 11.9 Å². The molecule has 4 nitrogen and oxygen atoms in total. The van der Waals surface area contributed by atoms with Gasteiger partial charge in [0.15, 0.2) is 0 Å². The Bertz CT molecular complexity index is 464. The van der Waals surface area contributed by atoms with Crippen molar-refractivity contribution in [2.24, 2.45) is 0 Å². The first-order valence-electron chi connectivity index (χ1n) is 7.21. The topological polar surface area (TPSA) is 43.6 Å². The average molecular weight is 258 g/mol. The molecule has 0 fully saturated rings. The minimum absolute atomic E-state index is 0.853. The van der Waals surface area contributed by atoms with Crippen molar-refractivity contribution in [2.45, 2.75) is 52.0 Å². The van der Waals surface area contributed by atoms with Crippen LogP contribution in [0, 0.1) is 0 Å². The summed E-state index contributed by atoms with van der Waals surface area (Å²) in [7, 11) is 0. The maximum Gasteiger partial charge on any atom is 0.131 e. The third-order valence-electron chi connectivity index (χ3n) is 3.21. The molecule has 2 rings (SSSR count). The van der Waals surface area contributed by atoms with Crippen LogP contribution < -0.4 is 0 Å². The van der Waals surface area contributed by atoms with Gasteiger partial charge in [-0.2, -0.15) is 0 Å². The molecule has 2 aromatic rings. The van der Waals surface area contributed by atoms with E-state index >= 15 is 0 Å². The van der Waals surface area contributed by atoms with Crippen LogP contribution in [-0.2, 0) is 6.54 Å². The summed E-state index contributed by atoms with van der Waals surface area (Å²) >= 11 is 0. The number of hydrogen-bond acceptors (Lipinski definition) is 3. The van der Waals surface area contributed by atoms with E-state index in [1.54, 1.807) is 6.20 Å². The molecule has 0 atom stereocenters. The number of pyridine rings is 1. The summed E-state index contributed by atoms with van der Waals surface area (Å²) in [6.07, 6.45) is 11.6. The smallest absolute Gasteiger partial charge is 0.131 e. The van der Waals surface area contributed by atoms with Gasteiger partial charge in [-0.25, -0.2) is 0 Å². The highest BCUT2D eigenvalue weighted by Gasteiger charge is 2.03. The van der Waals surface area contributed by atoms with Crippen LogP contribution in [0.4, 0.5) is 0 Å². The summed E-state index contributed by atoms with van der Waals surface area (Å²) in [6.45, 7) is 3.19. The SMILES string of the molecule is CCCCCCCCn1cc(-c2ccccn2)nn1. The van der Waals surface area contributed by atoms with Crippen LogP contribution in [0.3, 0.4) is 0 Å². The Morgan fingerprint density at radius 3 is 2.63 bits per heavy atom. The van der Waals surface area contributed by atoms with Crippen molar-refractivity contribution < 1.29 is 0 Å². The van der Waals surface area contributed by atoms with Crippen molar-refractivity contribution in [3.8, 4) is 11.4 Å². The van der Waals surface area contributed by atoms with Gasteiger partial charge in [0.25, 0.3) is 0 Å². The molecule has 0 spiro atoms. The minimum Gasteiger partial charge on any atom is -0.254 e. The summed E-state index contributed by atoms with van der Waals surface area (Å²) in [5, 5.41) is 8.32. The van der Waals surface area contributed by atoms with Crippen molar-refractivity contribution in [1.29, 1.82) is 0 Å². The lowest BCUT2D eigenvalue weighted by Crippen LogP contribution is -1.98. The second kappa shape index (κ2) is 7.67. The molecule has 0 unspecified atom stereocenters. The number of hydrogen-bond donors (Lipinski definition) is 0. The van der Waals surface area contributed by atoms with E-state index in [4.69, 9.17) is 0 Å². The molecule has 0 radical (unpaired) electrons. The Hall–Kier alpha value is -1.71. The molecule has 0 saturated heterocycles. The number of aromatic nitrogens is 4. The van der Waals surface area contributed by atoms with Crippen LogP contribution in [0.25, 0.3) is 11.4 Å². The first-order valence-corrected chi connectivity index (χ1v) is 7.21. The average Bonchev–Trinajstić information content (AvgIpc) is 2.92.